The van der Waals surface area contributed by atoms with Crippen molar-refractivity contribution in [3.05, 3.63) is 0 Å². The summed E-state index contributed by atoms with van der Waals surface area (Å²) in [4.78, 5) is 13.4. The predicted octanol–water partition coefficient (Wildman–Crippen LogP) is -0.211. The van der Waals surface area contributed by atoms with E-state index in [1.54, 1.807) is 7.05 Å². The summed E-state index contributed by atoms with van der Waals surface area (Å²) in [6.07, 6.45) is 1.03. The van der Waals surface area contributed by atoms with E-state index in [9.17, 15) is 13.2 Å². The second kappa shape index (κ2) is 7.28. The van der Waals surface area contributed by atoms with Crippen LogP contribution in [0.3, 0.4) is 0 Å². The fourth-order valence-corrected chi connectivity index (χ4v) is 2.23. The number of amides is 1. The maximum atomic E-state index is 11.9. The number of hydrogen-bond acceptors (Lipinski definition) is 4. The highest BCUT2D eigenvalue weighted by atomic mass is 35.5. The topological polar surface area (TPSA) is 92.5 Å². The summed E-state index contributed by atoms with van der Waals surface area (Å²) in [6, 6.07) is -0.761. The molecule has 0 heterocycles. The molecular formula is C10H24ClN3O3S. The predicted molar refractivity (Wildman–Crippen MR) is 75.2 cm³/mol. The Morgan fingerprint density at radius 1 is 1.44 bits per heavy atom. The first-order valence-corrected chi connectivity index (χ1v) is 7.30. The third kappa shape index (κ3) is 7.86. The summed E-state index contributed by atoms with van der Waals surface area (Å²) in [5, 5.41) is 0. The van der Waals surface area contributed by atoms with Crippen molar-refractivity contribution in [1.29, 1.82) is 0 Å². The van der Waals surface area contributed by atoms with E-state index in [-0.39, 0.29) is 23.7 Å². The largest absolute Gasteiger partial charge is 0.344 e. The zero-order chi connectivity index (χ0) is 13.9. The van der Waals surface area contributed by atoms with Crippen LogP contribution in [0.4, 0.5) is 0 Å². The highest BCUT2D eigenvalue weighted by Crippen LogP contribution is 2.14. The molecule has 0 aliphatic heterocycles. The van der Waals surface area contributed by atoms with Crippen LogP contribution in [-0.2, 0) is 14.8 Å². The summed E-state index contributed by atoms with van der Waals surface area (Å²) in [6.45, 7) is 6.36. The minimum atomic E-state index is -3.37. The monoisotopic (exact) mass is 301 g/mol. The van der Waals surface area contributed by atoms with E-state index in [4.69, 9.17) is 5.73 Å². The Morgan fingerprint density at radius 3 is 2.22 bits per heavy atom. The molecule has 0 aromatic rings. The maximum Gasteiger partial charge on any atom is 0.240 e. The van der Waals surface area contributed by atoms with Crippen LogP contribution in [0.25, 0.3) is 0 Å². The smallest absolute Gasteiger partial charge is 0.240 e. The number of carbonyl (C=O) groups excluding carboxylic acids is 1. The second-order valence-corrected chi connectivity index (χ2v) is 6.95. The maximum absolute atomic E-state index is 11.9. The fourth-order valence-electron chi connectivity index (χ4n) is 1.49. The molecule has 1 unspecified atom stereocenters. The zero-order valence-corrected chi connectivity index (χ0v) is 13.2. The Kier molecular flexibility index (Phi) is 8.07. The molecule has 8 heteroatoms. The van der Waals surface area contributed by atoms with Gasteiger partial charge in [0.2, 0.25) is 15.9 Å². The molecule has 0 bridgehead atoms. The van der Waals surface area contributed by atoms with Crippen molar-refractivity contribution in [2.75, 3.05) is 26.4 Å². The van der Waals surface area contributed by atoms with Crippen LogP contribution in [0.2, 0.25) is 0 Å². The number of halogens is 1. The van der Waals surface area contributed by atoms with Crippen LogP contribution in [0.15, 0.2) is 0 Å². The van der Waals surface area contributed by atoms with Crippen LogP contribution in [0.1, 0.15) is 20.8 Å². The third-order valence-electron chi connectivity index (χ3n) is 2.36. The third-order valence-corrected chi connectivity index (χ3v) is 3.14. The van der Waals surface area contributed by atoms with E-state index >= 15 is 0 Å². The van der Waals surface area contributed by atoms with E-state index in [0.717, 1.165) is 6.26 Å². The molecule has 0 fully saturated rings. The molecule has 6 nitrogen and oxygen atoms in total. The number of nitrogens with zero attached hydrogens (tertiary/aromatic N) is 1. The molecule has 1 atom stereocenters. The van der Waals surface area contributed by atoms with Gasteiger partial charge in [-0.2, -0.15) is 0 Å². The minimum Gasteiger partial charge on any atom is -0.344 e. The lowest BCUT2D eigenvalue weighted by molar-refractivity contribution is -0.132. The summed E-state index contributed by atoms with van der Waals surface area (Å²) in [5.41, 5.74) is 5.40. The first-order chi connectivity index (χ1) is 7.48. The van der Waals surface area contributed by atoms with Crippen LogP contribution in [-0.4, -0.2) is 51.7 Å². The first kappa shape index (κ1) is 20.0. The standard InChI is InChI=1S/C10H23N3O3S.ClH/c1-8(12-17(5,15)16)9(14)13(4)7-10(2,3)6-11;/h8,12H,6-7,11H2,1-5H3;1H. The van der Waals surface area contributed by atoms with Crippen molar-refractivity contribution < 1.29 is 13.2 Å². The normalized spacial score (nSPS) is 13.7. The Labute approximate surface area is 116 Å². The fraction of sp³-hybridized carbons (Fsp3) is 0.900. The number of nitrogens with one attached hydrogen (secondary N) is 1. The number of carbonyl (C=O) groups is 1. The molecule has 0 saturated carbocycles. The van der Waals surface area contributed by atoms with Crippen LogP contribution in [0.5, 0.6) is 0 Å². The van der Waals surface area contributed by atoms with Gasteiger partial charge in [0.05, 0.1) is 12.3 Å². The van der Waals surface area contributed by atoms with Gasteiger partial charge < -0.3 is 10.6 Å². The molecule has 0 aliphatic rings. The van der Waals surface area contributed by atoms with Crippen molar-refractivity contribution in [1.82, 2.24) is 9.62 Å². The van der Waals surface area contributed by atoms with Crippen molar-refractivity contribution in [2.45, 2.75) is 26.8 Å². The Bertz CT molecular complexity index is 371. The van der Waals surface area contributed by atoms with E-state index in [2.05, 4.69) is 4.72 Å². The van der Waals surface area contributed by atoms with Gasteiger partial charge >= 0.3 is 0 Å². The summed E-state index contributed by atoms with van der Waals surface area (Å²) >= 11 is 0. The number of sulfonamides is 1. The number of likely N-dealkylation sites (N-methyl/N-ethyl adjacent to an activating group) is 1. The molecule has 0 rings (SSSR count). The molecular weight excluding hydrogens is 278 g/mol. The highest BCUT2D eigenvalue weighted by Gasteiger charge is 2.25. The molecule has 18 heavy (non-hydrogen) atoms. The van der Waals surface area contributed by atoms with Gasteiger partial charge in [0, 0.05) is 13.6 Å². The number of rotatable bonds is 6. The van der Waals surface area contributed by atoms with Gasteiger partial charge in [0.25, 0.3) is 0 Å². The van der Waals surface area contributed by atoms with Crippen LogP contribution < -0.4 is 10.5 Å². The van der Waals surface area contributed by atoms with Gasteiger partial charge in [-0.3, -0.25) is 4.79 Å². The van der Waals surface area contributed by atoms with Gasteiger partial charge in [-0.05, 0) is 18.9 Å². The molecule has 0 radical (unpaired) electrons. The average Bonchev–Trinajstić information content (AvgIpc) is 2.13. The first-order valence-electron chi connectivity index (χ1n) is 5.41. The average molecular weight is 302 g/mol. The van der Waals surface area contributed by atoms with Crippen LogP contribution >= 0.6 is 12.4 Å². The molecule has 0 spiro atoms. The van der Waals surface area contributed by atoms with E-state index in [0.29, 0.717) is 13.1 Å². The Hall–Kier alpha value is -0.370. The van der Waals surface area contributed by atoms with Crippen LogP contribution in [0, 0.1) is 5.41 Å². The zero-order valence-electron chi connectivity index (χ0n) is 11.6. The molecule has 0 saturated heterocycles. The highest BCUT2D eigenvalue weighted by molar-refractivity contribution is 7.88. The summed E-state index contributed by atoms with van der Waals surface area (Å²) < 4.78 is 24.3. The molecule has 0 aliphatic carbocycles. The van der Waals surface area contributed by atoms with Crippen molar-refractivity contribution in [3.63, 3.8) is 0 Å². The minimum absolute atomic E-state index is 0. The van der Waals surface area contributed by atoms with E-state index in [1.807, 2.05) is 13.8 Å². The van der Waals surface area contributed by atoms with Crippen molar-refractivity contribution in [3.8, 4) is 0 Å². The quantitative estimate of drug-likeness (QED) is 0.710. The Morgan fingerprint density at radius 2 is 1.89 bits per heavy atom. The lowest BCUT2D eigenvalue weighted by Gasteiger charge is -2.30. The van der Waals surface area contributed by atoms with Crippen molar-refractivity contribution in [2.24, 2.45) is 11.1 Å². The van der Waals surface area contributed by atoms with Gasteiger partial charge in [-0.1, -0.05) is 13.8 Å². The summed E-state index contributed by atoms with van der Waals surface area (Å²) in [5.74, 6) is -0.267. The molecule has 0 aromatic carbocycles. The second-order valence-electron chi connectivity index (χ2n) is 5.17. The van der Waals surface area contributed by atoms with Gasteiger partial charge in [0.15, 0.2) is 0 Å². The lowest BCUT2D eigenvalue weighted by Crippen LogP contribution is -2.48. The lowest BCUT2D eigenvalue weighted by atomic mass is 9.93. The SMILES string of the molecule is CC(NS(C)(=O)=O)C(=O)N(C)CC(C)(C)CN.Cl. The Balaban J connectivity index is 0. The molecule has 110 valence electrons. The number of hydrogen-bond donors (Lipinski definition) is 2. The van der Waals surface area contributed by atoms with Gasteiger partial charge in [0.1, 0.15) is 0 Å². The van der Waals surface area contributed by atoms with E-state index in [1.165, 1.54) is 11.8 Å². The number of nitrogens with two attached hydrogens (primary N) is 1. The van der Waals surface area contributed by atoms with Gasteiger partial charge in [-0.25, -0.2) is 13.1 Å². The molecule has 1 amide bonds. The molecule has 0 aromatic heterocycles. The molecule has 3 N–H and O–H groups in total. The van der Waals surface area contributed by atoms with E-state index < -0.39 is 16.1 Å². The summed E-state index contributed by atoms with van der Waals surface area (Å²) in [7, 11) is -1.73. The van der Waals surface area contributed by atoms with Gasteiger partial charge in [-0.15, -0.1) is 12.4 Å². The van der Waals surface area contributed by atoms with Crippen molar-refractivity contribution >= 4 is 28.3 Å².